The quantitative estimate of drug-likeness (QED) is 0.268. The van der Waals surface area contributed by atoms with Crippen LogP contribution < -0.4 is 0 Å². The molecule has 0 aliphatic carbocycles. The molecule has 1 aliphatic heterocycles. The summed E-state index contributed by atoms with van der Waals surface area (Å²) in [5.74, 6) is -2.98. The Bertz CT molecular complexity index is 285. The zero-order valence-corrected chi connectivity index (χ0v) is 9.84. The van der Waals surface area contributed by atoms with Crippen LogP contribution in [0.2, 0.25) is 0 Å². The lowest BCUT2D eigenvalue weighted by molar-refractivity contribution is -0.398. The van der Waals surface area contributed by atoms with Crippen molar-refractivity contribution in [1.29, 1.82) is 0 Å². The summed E-state index contributed by atoms with van der Waals surface area (Å²) < 4.78 is 9.32. The average Bonchev–Trinajstić information content (AvgIpc) is 2.32. The zero-order chi connectivity index (χ0) is 13.9. The number of hydrogen-bond acceptors (Lipinski definition) is 8. The maximum Gasteiger partial charge on any atom is 0.329 e. The summed E-state index contributed by atoms with van der Waals surface area (Å²) in [4.78, 5) is 10.2. The van der Waals surface area contributed by atoms with Crippen molar-refractivity contribution in [3.8, 4) is 0 Å². The number of carbonyl (C=O) groups excluding carboxylic acids is 1. The molecule has 1 heterocycles. The smallest absolute Gasteiger partial charge is 0.329 e. The second-order valence-electron chi connectivity index (χ2n) is 4.38. The fourth-order valence-electron chi connectivity index (χ4n) is 1.90. The molecule has 0 radical (unpaired) electrons. The van der Waals surface area contributed by atoms with Gasteiger partial charge in [0, 0.05) is 5.92 Å². The minimum absolute atomic E-state index is 0.0470. The maximum absolute atomic E-state index is 10.2. The molecule has 1 unspecified atom stereocenters. The van der Waals surface area contributed by atoms with Gasteiger partial charge in [0.1, 0.15) is 12.2 Å². The number of rotatable bonds is 5. The van der Waals surface area contributed by atoms with Crippen LogP contribution in [0, 0.1) is 5.92 Å². The van der Waals surface area contributed by atoms with E-state index in [4.69, 9.17) is 9.84 Å². The summed E-state index contributed by atoms with van der Waals surface area (Å²) in [5.41, 5.74) is 0. The molecule has 1 rings (SSSR count). The van der Waals surface area contributed by atoms with E-state index in [1.54, 1.807) is 0 Å². The van der Waals surface area contributed by atoms with Gasteiger partial charge in [0.05, 0.1) is 25.2 Å². The Labute approximate surface area is 103 Å². The molecule has 1 saturated heterocycles. The molecule has 106 valence electrons. The summed E-state index contributed by atoms with van der Waals surface area (Å²) in [6, 6.07) is 0. The van der Waals surface area contributed by atoms with Gasteiger partial charge in [-0.1, -0.05) is 6.92 Å². The molecule has 5 N–H and O–H groups in total. The normalized spacial score (nSPS) is 40.0. The Morgan fingerprint density at radius 3 is 2.67 bits per heavy atom. The van der Waals surface area contributed by atoms with Crippen LogP contribution in [0.3, 0.4) is 0 Å². The van der Waals surface area contributed by atoms with E-state index in [1.165, 1.54) is 6.92 Å². The van der Waals surface area contributed by atoms with E-state index in [9.17, 15) is 25.2 Å². The number of aliphatic hydroxyl groups excluding tert-OH is 4. The Balaban J connectivity index is 2.84. The first-order valence-electron chi connectivity index (χ1n) is 5.51. The van der Waals surface area contributed by atoms with Gasteiger partial charge in [0.25, 0.3) is 6.47 Å². The minimum Gasteiger partial charge on any atom is -0.410 e. The lowest BCUT2D eigenvalue weighted by Gasteiger charge is -2.43. The third kappa shape index (κ3) is 3.16. The molecule has 8 heteroatoms. The Kier molecular flexibility index (Phi) is 5.02. The summed E-state index contributed by atoms with van der Waals surface area (Å²) >= 11 is 0. The molecule has 18 heavy (non-hydrogen) atoms. The van der Waals surface area contributed by atoms with E-state index in [0.29, 0.717) is 0 Å². The van der Waals surface area contributed by atoms with Crippen molar-refractivity contribution in [1.82, 2.24) is 0 Å². The number of hydrogen-bond donors (Lipinski definition) is 5. The van der Waals surface area contributed by atoms with E-state index in [-0.39, 0.29) is 12.9 Å². The van der Waals surface area contributed by atoms with E-state index >= 15 is 0 Å². The highest BCUT2D eigenvalue weighted by atomic mass is 16.8. The largest absolute Gasteiger partial charge is 0.410 e. The first-order chi connectivity index (χ1) is 8.34. The lowest BCUT2D eigenvalue weighted by Crippen LogP contribution is -2.58. The standard InChI is InChI=1S/C10H18O8/c1-5-6(13)2-10(16,17-4-12)18-9(5)8(15)7(14)3-11/h4-9,11,13-16H,2-3H2,1H3/t5-,6-,7-,8+,9?,10+/m1/s1. The molecule has 8 nitrogen and oxygen atoms in total. The summed E-state index contributed by atoms with van der Waals surface area (Å²) in [7, 11) is 0. The van der Waals surface area contributed by atoms with E-state index in [2.05, 4.69) is 4.74 Å². The predicted molar refractivity (Wildman–Crippen MR) is 55.9 cm³/mol. The Hall–Kier alpha value is -0.770. The number of ether oxygens (including phenoxy) is 2. The molecule has 6 atom stereocenters. The predicted octanol–water partition coefficient (Wildman–Crippen LogP) is -2.69. The van der Waals surface area contributed by atoms with Crippen molar-refractivity contribution in [2.75, 3.05) is 6.61 Å². The molecule has 0 saturated carbocycles. The molecule has 0 amide bonds. The van der Waals surface area contributed by atoms with Gasteiger partial charge in [-0.25, -0.2) is 0 Å². The first-order valence-corrected chi connectivity index (χ1v) is 5.51. The third-order valence-corrected chi connectivity index (χ3v) is 3.06. The fourth-order valence-corrected chi connectivity index (χ4v) is 1.90. The zero-order valence-electron chi connectivity index (χ0n) is 9.84. The second kappa shape index (κ2) is 5.91. The maximum atomic E-state index is 10.2. The van der Waals surface area contributed by atoms with Gasteiger partial charge in [-0.2, -0.15) is 0 Å². The van der Waals surface area contributed by atoms with Crippen LogP contribution in [0.1, 0.15) is 13.3 Å². The number of aliphatic hydroxyl groups is 5. The Morgan fingerprint density at radius 1 is 1.56 bits per heavy atom. The van der Waals surface area contributed by atoms with Crippen LogP contribution in [0.25, 0.3) is 0 Å². The van der Waals surface area contributed by atoms with Crippen molar-refractivity contribution in [3.63, 3.8) is 0 Å². The van der Waals surface area contributed by atoms with Crippen LogP contribution in [0.4, 0.5) is 0 Å². The van der Waals surface area contributed by atoms with Crippen LogP contribution in [-0.2, 0) is 14.3 Å². The molecule has 0 aromatic heterocycles. The van der Waals surface area contributed by atoms with Gasteiger partial charge in [-0.15, -0.1) is 0 Å². The van der Waals surface area contributed by atoms with Gasteiger partial charge >= 0.3 is 5.97 Å². The average molecular weight is 266 g/mol. The summed E-state index contributed by atoms with van der Waals surface area (Å²) in [6.45, 7) is 0.772. The van der Waals surface area contributed by atoms with Gasteiger partial charge in [-0.3, -0.25) is 4.79 Å². The molecule has 0 aromatic rings. The van der Waals surface area contributed by atoms with Gasteiger partial charge in [-0.05, 0) is 0 Å². The Morgan fingerprint density at radius 2 is 2.17 bits per heavy atom. The molecule has 0 aromatic carbocycles. The van der Waals surface area contributed by atoms with Crippen molar-refractivity contribution in [3.05, 3.63) is 0 Å². The van der Waals surface area contributed by atoms with E-state index < -0.39 is 42.9 Å². The van der Waals surface area contributed by atoms with Crippen molar-refractivity contribution < 1.29 is 39.8 Å². The van der Waals surface area contributed by atoms with Gasteiger partial charge in [0.2, 0.25) is 0 Å². The molecule has 1 aliphatic rings. The minimum atomic E-state index is -2.35. The number of carbonyl (C=O) groups is 1. The highest BCUT2D eigenvalue weighted by Crippen LogP contribution is 2.33. The third-order valence-electron chi connectivity index (χ3n) is 3.06. The van der Waals surface area contributed by atoms with E-state index in [1.807, 2.05) is 0 Å². The fraction of sp³-hybridized carbons (Fsp3) is 0.900. The highest BCUT2D eigenvalue weighted by molar-refractivity contribution is 5.37. The SMILES string of the molecule is C[C@H]1C([C@@H](O)[C@H](O)CO)O[C@@](O)(OC=O)C[C@H]1O. The molecule has 0 bridgehead atoms. The van der Waals surface area contributed by atoms with Crippen LogP contribution in [-0.4, -0.2) is 69.0 Å². The monoisotopic (exact) mass is 266 g/mol. The topological polar surface area (TPSA) is 137 Å². The summed E-state index contributed by atoms with van der Waals surface area (Å²) in [6.07, 6.45) is -5.70. The molecule has 0 spiro atoms. The van der Waals surface area contributed by atoms with Crippen molar-refractivity contribution in [2.45, 2.75) is 43.7 Å². The second-order valence-corrected chi connectivity index (χ2v) is 4.38. The van der Waals surface area contributed by atoms with Crippen LogP contribution >= 0.6 is 0 Å². The first kappa shape index (κ1) is 15.3. The molecular weight excluding hydrogens is 248 g/mol. The highest BCUT2D eigenvalue weighted by Gasteiger charge is 2.49. The molecule has 1 fully saturated rings. The van der Waals surface area contributed by atoms with Gasteiger partial charge < -0.3 is 35.0 Å². The van der Waals surface area contributed by atoms with Gasteiger partial charge in [0.15, 0.2) is 0 Å². The van der Waals surface area contributed by atoms with Crippen LogP contribution in [0.15, 0.2) is 0 Å². The van der Waals surface area contributed by atoms with Crippen molar-refractivity contribution in [2.24, 2.45) is 5.92 Å². The van der Waals surface area contributed by atoms with Crippen LogP contribution in [0.5, 0.6) is 0 Å². The lowest BCUT2D eigenvalue weighted by atomic mass is 9.87. The molecular formula is C10H18O8. The van der Waals surface area contributed by atoms with E-state index in [0.717, 1.165) is 0 Å². The summed E-state index contributed by atoms with van der Waals surface area (Å²) in [5, 5.41) is 47.3. The van der Waals surface area contributed by atoms with Crippen molar-refractivity contribution >= 4 is 6.47 Å².